The maximum Gasteiger partial charge on any atom is 0.292 e. The van der Waals surface area contributed by atoms with Gasteiger partial charge in [-0.25, -0.2) is 0 Å². The molecule has 1 aliphatic heterocycles. The quantitative estimate of drug-likeness (QED) is 0.665. The highest BCUT2D eigenvalue weighted by atomic mass is 35.5. The summed E-state index contributed by atoms with van der Waals surface area (Å²) in [5.41, 5.74) is 0.283. The minimum absolute atomic E-state index is 0.0479. The number of nitro groups is 1. The van der Waals surface area contributed by atoms with Crippen LogP contribution in [0.4, 0.5) is 11.4 Å². The van der Waals surface area contributed by atoms with E-state index in [4.69, 9.17) is 11.6 Å². The van der Waals surface area contributed by atoms with Gasteiger partial charge < -0.3 is 15.1 Å². The Morgan fingerprint density at radius 2 is 2.14 bits per heavy atom. The Labute approximate surface area is 127 Å². The monoisotopic (exact) mass is 312 g/mol. The molecule has 2 rings (SSSR count). The maximum atomic E-state index is 12.2. The number of piperazine rings is 1. The van der Waals surface area contributed by atoms with Gasteiger partial charge >= 0.3 is 0 Å². The second-order valence-corrected chi connectivity index (χ2v) is 5.31. The first-order valence-electron chi connectivity index (χ1n) is 6.62. The molecule has 0 saturated carbocycles. The van der Waals surface area contributed by atoms with Gasteiger partial charge in [0, 0.05) is 44.3 Å². The number of anilines is 1. The Morgan fingerprint density at radius 1 is 1.48 bits per heavy atom. The fourth-order valence-electron chi connectivity index (χ4n) is 2.26. The third kappa shape index (κ3) is 3.83. The van der Waals surface area contributed by atoms with Gasteiger partial charge in [-0.2, -0.15) is 0 Å². The molecule has 1 N–H and O–H groups in total. The predicted octanol–water partition coefficient (Wildman–Crippen LogP) is 1.12. The first kappa shape index (κ1) is 15.5. The molecule has 1 aromatic carbocycles. The third-order valence-electron chi connectivity index (χ3n) is 3.39. The van der Waals surface area contributed by atoms with Crippen molar-refractivity contribution in [2.24, 2.45) is 0 Å². The number of rotatable bonds is 4. The lowest BCUT2D eigenvalue weighted by atomic mass is 10.2. The van der Waals surface area contributed by atoms with Gasteiger partial charge in [0.15, 0.2) is 0 Å². The Morgan fingerprint density at radius 3 is 2.76 bits per heavy atom. The fourth-order valence-corrected chi connectivity index (χ4v) is 2.43. The number of carbonyl (C=O) groups is 1. The molecule has 1 heterocycles. The number of benzene rings is 1. The Hall–Kier alpha value is -1.86. The number of nitrogens with one attached hydrogen (secondary N) is 1. The van der Waals surface area contributed by atoms with Crippen LogP contribution in [0.15, 0.2) is 18.2 Å². The van der Waals surface area contributed by atoms with Crippen molar-refractivity contribution in [2.75, 3.05) is 44.7 Å². The van der Waals surface area contributed by atoms with E-state index in [1.165, 1.54) is 18.2 Å². The number of carbonyl (C=O) groups excluding carboxylic acids is 1. The molecular formula is C13H17ClN4O3. The molecule has 0 unspecified atom stereocenters. The van der Waals surface area contributed by atoms with E-state index in [1.807, 2.05) is 0 Å². The highest BCUT2D eigenvalue weighted by molar-refractivity contribution is 6.31. The number of hydrogen-bond acceptors (Lipinski definition) is 5. The van der Waals surface area contributed by atoms with Crippen LogP contribution in [0.25, 0.3) is 0 Å². The van der Waals surface area contributed by atoms with Crippen molar-refractivity contribution in [3.63, 3.8) is 0 Å². The molecule has 0 aromatic heterocycles. The number of nitrogens with zero attached hydrogens (tertiary/aromatic N) is 3. The minimum Gasteiger partial charge on any atom is -0.360 e. The van der Waals surface area contributed by atoms with E-state index in [2.05, 4.69) is 5.32 Å². The maximum absolute atomic E-state index is 12.2. The van der Waals surface area contributed by atoms with Gasteiger partial charge in [0.05, 0.1) is 11.5 Å². The van der Waals surface area contributed by atoms with Crippen molar-refractivity contribution < 1.29 is 9.72 Å². The van der Waals surface area contributed by atoms with E-state index in [1.54, 1.807) is 16.8 Å². The summed E-state index contributed by atoms with van der Waals surface area (Å²) in [7, 11) is 1.65. The van der Waals surface area contributed by atoms with E-state index >= 15 is 0 Å². The van der Waals surface area contributed by atoms with Crippen LogP contribution in [-0.4, -0.2) is 55.5 Å². The number of hydrogen-bond donors (Lipinski definition) is 1. The lowest BCUT2D eigenvalue weighted by molar-refractivity contribution is -0.384. The van der Waals surface area contributed by atoms with Gasteiger partial charge in [-0.1, -0.05) is 11.6 Å². The normalized spacial score (nSPS) is 14.9. The molecule has 21 heavy (non-hydrogen) atoms. The average Bonchev–Trinajstić information content (AvgIpc) is 2.47. The Balaban J connectivity index is 2.12. The summed E-state index contributed by atoms with van der Waals surface area (Å²) in [4.78, 5) is 26.1. The SMILES string of the molecule is CN(CC(=O)N1CCNCC1)c1cc(Cl)ccc1[N+](=O)[O-]. The molecular weight excluding hydrogens is 296 g/mol. The zero-order valence-electron chi connectivity index (χ0n) is 11.7. The molecule has 114 valence electrons. The van der Waals surface area contributed by atoms with Crippen molar-refractivity contribution in [3.8, 4) is 0 Å². The van der Waals surface area contributed by atoms with E-state index in [9.17, 15) is 14.9 Å². The van der Waals surface area contributed by atoms with Gasteiger partial charge in [0.25, 0.3) is 5.69 Å². The topological polar surface area (TPSA) is 78.7 Å². The zero-order chi connectivity index (χ0) is 15.4. The van der Waals surface area contributed by atoms with Crippen LogP contribution in [0.5, 0.6) is 0 Å². The van der Waals surface area contributed by atoms with Crippen molar-refractivity contribution in [1.29, 1.82) is 0 Å². The molecule has 1 saturated heterocycles. The highest BCUT2D eigenvalue weighted by Crippen LogP contribution is 2.30. The fraction of sp³-hybridized carbons (Fsp3) is 0.462. The van der Waals surface area contributed by atoms with Gasteiger partial charge in [0.1, 0.15) is 5.69 Å². The number of halogens is 1. The van der Waals surface area contributed by atoms with Gasteiger partial charge in [0.2, 0.25) is 5.91 Å². The summed E-state index contributed by atoms with van der Waals surface area (Å²) in [6, 6.07) is 4.32. The number of amides is 1. The molecule has 8 heteroatoms. The largest absolute Gasteiger partial charge is 0.360 e. The molecule has 0 atom stereocenters. The number of likely N-dealkylation sites (N-methyl/N-ethyl adjacent to an activating group) is 1. The molecule has 0 aliphatic carbocycles. The summed E-state index contributed by atoms with van der Waals surface area (Å²) in [6.07, 6.45) is 0. The number of nitro benzene ring substituents is 1. The van der Waals surface area contributed by atoms with Crippen LogP contribution in [0.2, 0.25) is 5.02 Å². The van der Waals surface area contributed by atoms with Crippen LogP contribution in [0.3, 0.4) is 0 Å². The van der Waals surface area contributed by atoms with Crippen LogP contribution < -0.4 is 10.2 Å². The second-order valence-electron chi connectivity index (χ2n) is 4.88. The molecule has 1 aliphatic rings. The Kier molecular flexibility index (Phi) is 4.98. The van der Waals surface area contributed by atoms with E-state index in [0.29, 0.717) is 23.8 Å². The van der Waals surface area contributed by atoms with Crippen LogP contribution >= 0.6 is 11.6 Å². The molecule has 1 amide bonds. The molecule has 0 spiro atoms. The first-order chi connectivity index (χ1) is 9.99. The third-order valence-corrected chi connectivity index (χ3v) is 3.62. The van der Waals surface area contributed by atoms with Crippen molar-refractivity contribution >= 4 is 28.9 Å². The van der Waals surface area contributed by atoms with Crippen LogP contribution in [0, 0.1) is 10.1 Å². The van der Waals surface area contributed by atoms with Crippen LogP contribution in [-0.2, 0) is 4.79 Å². The van der Waals surface area contributed by atoms with Crippen LogP contribution in [0.1, 0.15) is 0 Å². The minimum atomic E-state index is -0.475. The summed E-state index contributed by atoms with van der Waals surface area (Å²) in [5, 5.41) is 14.6. The van der Waals surface area contributed by atoms with E-state index in [-0.39, 0.29) is 18.1 Å². The molecule has 0 radical (unpaired) electrons. The van der Waals surface area contributed by atoms with E-state index in [0.717, 1.165) is 13.1 Å². The summed E-state index contributed by atoms with van der Waals surface area (Å²) in [6.45, 7) is 2.94. The molecule has 7 nitrogen and oxygen atoms in total. The van der Waals surface area contributed by atoms with Crippen molar-refractivity contribution in [2.45, 2.75) is 0 Å². The molecule has 1 fully saturated rings. The summed E-state index contributed by atoms with van der Waals surface area (Å²) in [5.74, 6) is -0.0479. The second kappa shape index (κ2) is 6.73. The molecule has 1 aromatic rings. The summed E-state index contributed by atoms with van der Waals surface area (Å²) < 4.78 is 0. The lowest BCUT2D eigenvalue weighted by Crippen LogP contribution is -2.49. The van der Waals surface area contributed by atoms with Crippen molar-refractivity contribution in [1.82, 2.24) is 10.2 Å². The smallest absolute Gasteiger partial charge is 0.292 e. The lowest BCUT2D eigenvalue weighted by Gasteiger charge is -2.29. The first-order valence-corrected chi connectivity index (χ1v) is 7.00. The molecule has 0 bridgehead atoms. The Bertz CT molecular complexity index is 546. The van der Waals surface area contributed by atoms with Gasteiger partial charge in [-0.15, -0.1) is 0 Å². The zero-order valence-corrected chi connectivity index (χ0v) is 12.5. The highest BCUT2D eigenvalue weighted by Gasteiger charge is 2.22. The predicted molar refractivity (Wildman–Crippen MR) is 80.8 cm³/mol. The average molecular weight is 313 g/mol. The van der Waals surface area contributed by atoms with Gasteiger partial charge in [-0.3, -0.25) is 14.9 Å². The van der Waals surface area contributed by atoms with E-state index < -0.39 is 4.92 Å². The summed E-state index contributed by atoms with van der Waals surface area (Å²) >= 11 is 5.90. The standard InChI is InChI=1S/C13H17ClN4O3/c1-16(9-13(19)17-6-4-15-5-7-17)12-8-10(14)2-3-11(12)18(20)21/h2-3,8,15H,4-7,9H2,1H3. The van der Waals surface area contributed by atoms with Crippen molar-refractivity contribution in [3.05, 3.63) is 33.3 Å². The van der Waals surface area contributed by atoms with Gasteiger partial charge in [-0.05, 0) is 12.1 Å².